The Morgan fingerprint density at radius 2 is 2.05 bits per heavy atom. The molecule has 0 unspecified atom stereocenters. The largest absolute Gasteiger partial charge is 0.459 e. The maximum Gasteiger partial charge on any atom is 0.326 e. The first-order valence-corrected chi connectivity index (χ1v) is 7.50. The minimum atomic E-state index is -0.784. The van der Waals surface area contributed by atoms with Gasteiger partial charge in [0.25, 0.3) is 0 Å². The molecule has 3 nitrogen and oxygen atoms in total. The molecule has 1 aromatic carbocycles. The molecule has 0 radical (unpaired) electrons. The van der Waals surface area contributed by atoms with Crippen molar-refractivity contribution in [2.75, 3.05) is 0 Å². The van der Waals surface area contributed by atoms with Crippen molar-refractivity contribution in [2.45, 2.75) is 44.8 Å². The molecule has 0 aliphatic heterocycles. The van der Waals surface area contributed by atoms with Gasteiger partial charge in [0.2, 0.25) is 0 Å². The first kappa shape index (κ1) is 14.5. The SMILES string of the molecule is CC1CCC(N)(C(=O)OCc2ccccc2Br)CC1. The molecule has 1 aliphatic carbocycles. The first-order valence-electron chi connectivity index (χ1n) is 6.71. The zero-order chi connectivity index (χ0) is 13.9. The smallest absolute Gasteiger partial charge is 0.326 e. The summed E-state index contributed by atoms with van der Waals surface area (Å²) in [5.41, 5.74) is 6.36. The molecular weight excluding hydrogens is 306 g/mol. The number of halogens is 1. The number of esters is 1. The Morgan fingerprint density at radius 3 is 2.68 bits per heavy atom. The minimum Gasteiger partial charge on any atom is -0.459 e. The van der Waals surface area contributed by atoms with E-state index >= 15 is 0 Å². The van der Waals surface area contributed by atoms with E-state index in [0.717, 1.165) is 35.7 Å². The van der Waals surface area contributed by atoms with Gasteiger partial charge in [-0.3, -0.25) is 4.79 Å². The number of benzene rings is 1. The van der Waals surface area contributed by atoms with E-state index in [2.05, 4.69) is 22.9 Å². The van der Waals surface area contributed by atoms with Crippen LogP contribution in [0.2, 0.25) is 0 Å². The standard InChI is InChI=1S/C15H20BrNO2/c1-11-6-8-15(17,9-7-11)14(18)19-10-12-4-2-3-5-13(12)16/h2-5,11H,6-10,17H2,1H3. The third-order valence-corrected chi connectivity index (χ3v) is 4.66. The average molecular weight is 326 g/mol. The lowest BCUT2D eigenvalue weighted by molar-refractivity contribution is -0.153. The average Bonchev–Trinajstić information content (AvgIpc) is 2.41. The van der Waals surface area contributed by atoms with Crippen molar-refractivity contribution in [1.29, 1.82) is 0 Å². The van der Waals surface area contributed by atoms with Crippen LogP contribution in [0.1, 0.15) is 38.2 Å². The Balaban J connectivity index is 1.93. The van der Waals surface area contributed by atoms with E-state index in [1.807, 2.05) is 24.3 Å². The molecule has 2 N–H and O–H groups in total. The third kappa shape index (κ3) is 3.57. The summed E-state index contributed by atoms with van der Waals surface area (Å²) in [5.74, 6) is 0.392. The summed E-state index contributed by atoms with van der Waals surface area (Å²) in [4.78, 5) is 12.1. The predicted molar refractivity (Wildman–Crippen MR) is 78.5 cm³/mol. The molecule has 0 atom stereocenters. The summed E-state index contributed by atoms with van der Waals surface area (Å²) < 4.78 is 6.34. The van der Waals surface area contributed by atoms with Crippen LogP contribution in [0, 0.1) is 5.92 Å². The molecule has 19 heavy (non-hydrogen) atoms. The first-order chi connectivity index (χ1) is 9.01. The highest BCUT2D eigenvalue weighted by Gasteiger charge is 2.38. The summed E-state index contributed by atoms with van der Waals surface area (Å²) >= 11 is 3.44. The number of carbonyl (C=O) groups excluding carboxylic acids is 1. The van der Waals surface area contributed by atoms with Crippen molar-refractivity contribution in [3.05, 3.63) is 34.3 Å². The second-order valence-electron chi connectivity index (χ2n) is 5.51. The van der Waals surface area contributed by atoms with Gasteiger partial charge in [-0.1, -0.05) is 41.1 Å². The highest BCUT2D eigenvalue weighted by molar-refractivity contribution is 9.10. The minimum absolute atomic E-state index is 0.268. The van der Waals surface area contributed by atoms with E-state index in [4.69, 9.17) is 10.5 Å². The van der Waals surface area contributed by atoms with Gasteiger partial charge in [0, 0.05) is 10.0 Å². The summed E-state index contributed by atoms with van der Waals surface area (Å²) in [7, 11) is 0. The molecular formula is C15H20BrNO2. The molecule has 2 rings (SSSR count). The van der Waals surface area contributed by atoms with Crippen LogP contribution in [0.5, 0.6) is 0 Å². The van der Waals surface area contributed by atoms with Crippen LogP contribution >= 0.6 is 15.9 Å². The molecule has 0 heterocycles. The van der Waals surface area contributed by atoms with Gasteiger partial charge in [0.1, 0.15) is 12.1 Å². The number of nitrogens with two attached hydrogens (primary N) is 1. The quantitative estimate of drug-likeness (QED) is 0.866. The molecule has 1 saturated carbocycles. The van der Waals surface area contributed by atoms with Crippen molar-refractivity contribution in [3.63, 3.8) is 0 Å². The van der Waals surface area contributed by atoms with E-state index in [-0.39, 0.29) is 12.6 Å². The van der Waals surface area contributed by atoms with Gasteiger partial charge < -0.3 is 10.5 Å². The van der Waals surface area contributed by atoms with E-state index in [1.54, 1.807) is 0 Å². The zero-order valence-electron chi connectivity index (χ0n) is 11.2. The number of ether oxygens (including phenoxy) is 1. The van der Waals surface area contributed by atoms with Gasteiger partial charge in [0.15, 0.2) is 0 Å². The number of hydrogen-bond acceptors (Lipinski definition) is 3. The van der Waals surface area contributed by atoms with Crippen molar-refractivity contribution in [3.8, 4) is 0 Å². The van der Waals surface area contributed by atoms with Gasteiger partial charge in [-0.05, 0) is 37.7 Å². The molecule has 0 amide bonds. The molecule has 1 fully saturated rings. The van der Waals surface area contributed by atoms with Gasteiger partial charge in [0.05, 0.1) is 0 Å². The van der Waals surface area contributed by atoms with Gasteiger partial charge >= 0.3 is 5.97 Å². The van der Waals surface area contributed by atoms with Crippen molar-refractivity contribution < 1.29 is 9.53 Å². The number of hydrogen-bond donors (Lipinski definition) is 1. The lowest BCUT2D eigenvalue weighted by atomic mass is 9.78. The predicted octanol–water partition coefficient (Wildman–Crippen LogP) is 3.40. The second-order valence-corrected chi connectivity index (χ2v) is 6.36. The maximum atomic E-state index is 12.1. The molecule has 104 valence electrons. The van der Waals surface area contributed by atoms with E-state index in [1.165, 1.54) is 0 Å². The monoisotopic (exact) mass is 325 g/mol. The Morgan fingerprint density at radius 1 is 1.42 bits per heavy atom. The summed E-state index contributed by atoms with van der Waals surface area (Å²) in [6.45, 7) is 2.47. The Hall–Kier alpha value is -0.870. The molecule has 0 spiro atoms. The van der Waals surface area contributed by atoms with Crippen LogP contribution < -0.4 is 5.73 Å². The molecule has 1 aromatic rings. The Labute approximate surface area is 122 Å². The Kier molecular flexibility index (Phi) is 4.63. The topological polar surface area (TPSA) is 52.3 Å². The number of carbonyl (C=O) groups is 1. The normalized spacial score (nSPS) is 27.0. The summed E-state index contributed by atoms with van der Waals surface area (Å²) in [5, 5.41) is 0. The summed E-state index contributed by atoms with van der Waals surface area (Å²) in [6.07, 6.45) is 3.45. The van der Waals surface area contributed by atoms with Crippen molar-refractivity contribution in [1.82, 2.24) is 0 Å². The van der Waals surface area contributed by atoms with Gasteiger partial charge in [-0.15, -0.1) is 0 Å². The molecule has 4 heteroatoms. The fraction of sp³-hybridized carbons (Fsp3) is 0.533. The maximum absolute atomic E-state index is 12.1. The second kappa shape index (κ2) is 6.06. The van der Waals surface area contributed by atoms with Crippen LogP contribution in [-0.2, 0) is 16.1 Å². The molecule has 0 saturated heterocycles. The van der Waals surface area contributed by atoms with E-state index < -0.39 is 5.54 Å². The van der Waals surface area contributed by atoms with Crippen LogP contribution in [0.3, 0.4) is 0 Å². The van der Waals surface area contributed by atoms with E-state index in [0.29, 0.717) is 5.92 Å². The lowest BCUT2D eigenvalue weighted by Crippen LogP contribution is -2.51. The lowest BCUT2D eigenvalue weighted by Gasteiger charge is -2.33. The van der Waals surface area contributed by atoms with Crippen LogP contribution in [0.15, 0.2) is 28.7 Å². The van der Waals surface area contributed by atoms with Crippen LogP contribution in [0.4, 0.5) is 0 Å². The van der Waals surface area contributed by atoms with Crippen molar-refractivity contribution in [2.24, 2.45) is 11.7 Å². The number of rotatable bonds is 3. The van der Waals surface area contributed by atoms with Crippen molar-refractivity contribution >= 4 is 21.9 Å². The fourth-order valence-electron chi connectivity index (χ4n) is 2.38. The highest BCUT2D eigenvalue weighted by Crippen LogP contribution is 2.31. The van der Waals surface area contributed by atoms with Gasteiger partial charge in [-0.2, -0.15) is 0 Å². The zero-order valence-corrected chi connectivity index (χ0v) is 12.8. The molecule has 1 aliphatic rings. The van der Waals surface area contributed by atoms with Crippen LogP contribution in [-0.4, -0.2) is 11.5 Å². The third-order valence-electron chi connectivity index (χ3n) is 3.89. The fourth-order valence-corrected chi connectivity index (χ4v) is 2.78. The van der Waals surface area contributed by atoms with Crippen LogP contribution in [0.25, 0.3) is 0 Å². The summed E-state index contributed by atoms with van der Waals surface area (Å²) in [6, 6.07) is 7.73. The van der Waals surface area contributed by atoms with E-state index in [9.17, 15) is 4.79 Å². The van der Waals surface area contributed by atoms with Gasteiger partial charge in [-0.25, -0.2) is 0 Å². The molecule has 0 aromatic heterocycles. The highest BCUT2D eigenvalue weighted by atomic mass is 79.9. The Bertz CT molecular complexity index is 453. The molecule has 0 bridgehead atoms.